The number of aryl methyl sites for hydroxylation is 1. The summed E-state index contributed by atoms with van der Waals surface area (Å²) < 4.78 is 11.3. The molecule has 3 rings (SSSR count). The minimum absolute atomic E-state index is 0.111. The predicted octanol–water partition coefficient (Wildman–Crippen LogP) is 3.11. The van der Waals surface area contributed by atoms with Gasteiger partial charge in [0.2, 0.25) is 0 Å². The number of hydrogen-bond donors (Lipinski definition) is 3. The van der Waals surface area contributed by atoms with Gasteiger partial charge >= 0.3 is 11.9 Å². The molecule has 2 aromatic rings. The number of hydrogen-bond acceptors (Lipinski definition) is 5. The Labute approximate surface area is 155 Å². The third-order valence-corrected chi connectivity index (χ3v) is 4.44. The molecule has 7 heteroatoms. The van der Waals surface area contributed by atoms with Crippen LogP contribution in [0.4, 0.5) is 0 Å². The topological polar surface area (TPSA) is 113 Å². The van der Waals surface area contributed by atoms with Gasteiger partial charge < -0.3 is 24.8 Å². The molecule has 2 atom stereocenters. The summed E-state index contributed by atoms with van der Waals surface area (Å²) in [6, 6.07) is 7.96. The number of rotatable bonds is 5. The van der Waals surface area contributed by atoms with Gasteiger partial charge in [-0.05, 0) is 54.0 Å². The van der Waals surface area contributed by atoms with Gasteiger partial charge in [0.1, 0.15) is 17.8 Å². The van der Waals surface area contributed by atoms with Crippen molar-refractivity contribution in [2.24, 2.45) is 0 Å². The largest absolute Gasteiger partial charge is 0.508 e. The first-order valence-corrected chi connectivity index (χ1v) is 8.13. The standard InChI is InChI=1S/C20H18O7/c1-10-7-12(4-5-14(10)21)18-17(20(24)25)13-8-11(3-6-16(22)23)9-15(26-2)19(13)27-18/h3-9,17-18,21H,1-2H3,(H,22,23)(H,24,25)/b6-3+. The molecule has 2 aromatic carbocycles. The van der Waals surface area contributed by atoms with Gasteiger partial charge in [0.15, 0.2) is 11.5 Å². The number of carboxylic acids is 2. The monoisotopic (exact) mass is 370 g/mol. The van der Waals surface area contributed by atoms with Crippen LogP contribution in [-0.4, -0.2) is 34.4 Å². The molecule has 0 amide bonds. The second kappa shape index (κ2) is 7.03. The van der Waals surface area contributed by atoms with Crippen LogP contribution in [0.3, 0.4) is 0 Å². The smallest absolute Gasteiger partial charge is 0.328 e. The van der Waals surface area contributed by atoms with E-state index in [1.165, 1.54) is 19.3 Å². The van der Waals surface area contributed by atoms with Crippen molar-refractivity contribution in [2.75, 3.05) is 7.11 Å². The Hall–Kier alpha value is -3.48. The van der Waals surface area contributed by atoms with Crippen LogP contribution in [0.2, 0.25) is 0 Å². The third kappa shape index (κ3) is 3.44. The number of aromatic hydroxyl groups is 1. The first kappa shape index (κ1) is 18.3. The van der Waals surface area contributed by atoms with Crippen LogP contribution >= 0.6 is 0 Å². The van der Waals surface area contributed by atoms with Crippen molar-refractivity contribution in [1.29, 1.82) is 0 Å². The summed E-state index contributed by atoms with van der Waals surface area (Å²) in [7, 11) is 1.43. The molecule has 0 radical (unpaired) electrons. The Morgan fingerprint density at radius 2 is 1.93 bits per heavy atom. The Bertz CT molecular complexity index is 946. The Balaban J connectivity index is 2.11. The van der Waals surface area contributed by atoms with Crippen LogP contribution in [0, 0.1) is 6.92 Å². The van der Waals surface area contributed by atoms with Crippen LogP contribution in [0.25, 0.3) is 6.08 Å². The van der Waals surface area contributed by atoms with Crippen molar-refractivity contribution < 1.29 is 34.4 Å². The van der Waals surface area contributed by atoms with Crippen LogP contribution in [-0.2, 0) is 9.59 Å². The summed E-state index contributed by atoms with van der Waals surface area (Å²) >= 11 is 0. The molecule has 0 saturated heterocycles. The first-order chi connectivity index (χ1) is 12.8. The van der Waals surface area contributed by atoms with E-state index in [0.29, 0.717) is 33.8 Å². The van der Waals surface area contributed by atoms with Crippen molar-refractivity contribution in [2.45, 2.75) is 18.9 Å². The molecule has 140 valence electrons. The van der Waals surface area contributed by atoms with E-state index in [1.807, 2.05) is 0 Å². The zero-order chi connectivity index (χ0) is 19.7. The molecule has 7 nitrogen and oxygen atoms in total. The molecule has 0 aromatic heterocycles. The minimum atomic E-state index is -1.11. The lowest BCUT2D eigenvalue weighted by Crippen LogP contribution is -2.18. The maximum atomic E-state index is 12.0. The molecule has 1 aliphatic heterocycles. The molecular weight excluding hydrogens is 352 g/mol. The van der Waals surface area contributed by atoms with Crippen molar-refractivity contribution in [3.05, 3.63) is 58.7 Å². The Morgan fingerprint density at radius 1 is 1.19 bits per heavy atom. The summed E-state index contributed by atoms with van der Waals surface area (Å²) in [6.07, 6.45) is 1.53. The number of benzene rings is 2. The summed E-state index contributed by atoms with van der Waals surface area (Å²) in [4.78, 5) is 22.8. The fourth-order valence-electron chi connectivity index (χ4n) is 3.16. The quantitative estimate of drug-likeness (QED) is 0.693. The fraction of sp³-hybridized carbons (Fsp3) is 0.200. The highest BCUT2D eigenvalue weighted by Gasteiger charge is 2.42. The highest BCUT2D eigenvalue weighted by atomic mass is 16.5. The highest BCUT2D eigenvalue weighted by molar-refractivity contribution is 5.86. The van der Waals surface area contributed by atoms with E-state index < -0.39 is 24.0 Å². The SMILES string of the molecule is COc1cc(/C=C/C(=O)O)cc2c1OC(c1ccc(O)c(C)c1)C2C(=O)O. The van der Waals surface area contributed by atoms with Crippen LogP contribution < -0.4 is 9.47 Å². The summed E-state index contributed by atoms with van der Waals surface area (Å²) in [5.41, 5.74) is 2.11. The van der Waals surface area contributed by atoms with Gasteiger partial charge in [-0.15, -0.1) is 0 Å². The Morgan fingerprint density at radius 3 is 2.52 bits per heavy atom. The number of phenolic OH excluding ortho intramolecular Hbond substituents is 1. The Kier molecular flexibility index (Phi) is 4.77. The normalized spacial score (nSPS) is 18.1. The lowest BCUT2D eigenvalue weighted by atomic mass is 9.89. The average molecular weight is 370 g/mol. The zero-order valence-electron chi connectivity index (χ0n) is 14.7. The molecule has 0 spiro atoms. The van der Waals surface area contributed by atoms with E-state index in [4.69, 9.17) is 14.6 Å². The van der Waals surface area contributed by atoms with Gasteiger partial charge in [0.05, 0.1) is 7.11 Å². The fourth-order valence-corrected chi connectivity index (χ4v) is 3.16. The minimum Gasteiger partial charge on any atom is -0.508 e. The number of carboxylic acid groups (broad SMARTS) is 2. The van der Waals surface area contributed by atoms with Gasteiger partial charge in [-0.25, -0.2) is 4.79 Å². The summed E-state index contributed by atoms with van der Waals surface area (Å²) in [6.45, 7) is 1.71. The van der Waals surface area contributed by atoms with E-state index >= 15 is 0 Å². The number of ether oxygens (including phenoxy) is 2. The van der Waals surface area contributed by atoms with E-state index in [9.17, 15) is 19.8 Å². The number of carbonyl (C=O) groups is 2. The van der Waals surface area contributed by atoms with Crippen LogP contribution in [0.15, 0.2) is 36.4 Å². The highest BCUT2D eigenvalue weighted by Crippen LogP contribution is 2.51. The first-order valence-electron chi connectivity index (χ1n) is 8.13. The molecule has 0 bridgehead atoms. The molecule has 0 aliphatic carbocycles. The van der Waals surface area contributed by atoms with E-state index in [2.05, 4.69) is 0 Å². The molecule has 0 saturated carbocycles. The van der Waals surface area contributed by atoms with E-state index in [0.717, 1.165) is 6.08 Å². The van der Waals surface area contributed by atoms with Gasteiger partial charge in [0, 0.05) is 11.6 Å². The number of phenols is 1. The zero-order valence-corrected chi connectivity index (χ0v) is 14.7. The number of fused-ring (bicyclic) bond motifs is 1. The van der Waals surface area contributed by atoms with Gasteiger partial charge in [-0.3, -0.25) is 4.79 Å². The molecule has 3 N–H and O–H groups in total. The number of methoxy groups -OCH3 is 1. The van der Waals surface area contributed by atoms with Gasteiger partial charge in [-0.2, -0.15) is 0 Å². The van der Waals surface area contributed by atoms with Crippen molar-refractivity contribution in [1.82, 2.24) is 0 Å². The summed E-state index contributed by atoms with van der Waals surface area (Å²) in [5, 5.41) is 28.3. The predicted molar refractivity (Wildman–Crippen MR) is 96.3 cm³/mol. The van der Waals surface area contributed by atoms with E-state index in [1.54, 1.807) is 31.2 Å². The lowest BCUT2D eigenvalue weighted by Gasteiger charge is -2.17. The van der Waals surface area contributed by atoms with Gasteiger partial charge in [0.25, 0.3) is 0 Å². The van der Waals surface area contributed by atoms with E-state index in [-0.39, 0.29) is 5.75 Å². The second-order valence-corrected chi connectivity index (χ2v) is 6.21. The van der Waals surface area contributed by atoms with Gasteiger partial charge in [-0.1, -0.05) is 6.07 Å². The maximum Gasteiger partial charge on any atom is 0.328 e. The molecular formula is C20H18O7. The molecule has 27 heavy (non-hydrogen) atoms. The number of aliphatic carboxylic acids is 2. The molecule has 2 unspecified atom stereocenters. The molecule has 1 heterocycles. The van der Waals surface area contributed by atoms with Crippen molar-refractivity contribution in [3.63, 3.8) is 0 Å². The lowest BCUT2D eigenvalue weighted by molar-refractivity contribution is -0.140. The molecule has 0 fully saturated rings. The van der Waals surface area contributed by atoms with Crippen LogP contribution in [0.5, 0.6) is 17.2 Å². The maximum absolute atomic E-state index is 12.0. The summed E-state index contributed by atoms with van der Waals surface area (Å²) in [5.74, 6) is -2.45. The van der Waals surface area contributed by atoms with Crippen LogP contribution in [0.1, 0.15) is 34.3 Å². The second-order valence-electron chi connectivity index (χ2n) is 6.21. The van der Waals surface area contributed by atoms with Crippen molar-refractivity contribution in [3.8, 4) is 17.2 Å². The molecule has 1 aliphatic rings. The van der Waals surface area contributed by atoms with Crippen molar-refractivity contribution >= 4 is 18.0 Å². The average Bonchev–Trinajstić information content (AvgIpc) is 3.01. The third-order valence-electron chi connectivity index (χ3n) is 4.44.